The first kappa shape index (κ1) is 20.0. The molecule has 5 rings (SSSR count). The van der Waals surface area contributed by atoms with E-state index in [4.69, 9.17) is 4.74 Å². The zero-order valence-electron chi connectivity index (χ0n) is 17.8. The van der Waals surface area contributed by atoms with Crippen LogP contribution < -0.4 is 9.64 Å². The van der Waals surface area contributed by atoms with E-state index in [9.17, 15) is 14.7 Å². The number of pyridine rings is 1. The minimum atomic E-state index is -0.783. The maximum absolute atomic E-state index is 13.2. The van der Waals surface area contributed by atoms with Crippen molar-refractivity contribution in [3.05, 3.63) is 94.8 Å². The number of aryl methyl sites for hydroxylation is 1. The van der Waals surface area contributed by atoms with E-state index in [-0.39, 0.29) is 17.4 Å². The number of ether oxygens (including phenoxy) is 1. The first-order chi connectivity index (χ1) is 15.4. The van der Waals surface area contributed by atoms with E-state index in [1.807, 2.05) is 38.1 Å². The molecule has 2 atom stereocenters. The highest BCUT2D eigenvalue weighted by Crippen LogP contribution is 2.42. The number of carbonyl (C=O) groups is 2. The number of fused-ring (bicyclic) bond motifs is 1. The molecule has 1 saturated heterocycles. The van der Waals surface area contributed by atoms with Gasteiger partial charge in [0.15, 0.2) is 0 Å². The summed E-state index contributed by atoms with van der Waals surface area (Å²) in [7, 11) is 0. The minimum absolute atomic E-state index is 0.0522. The number of carbonyl (C=O) groups excluding carboxylic acids is 2. The van der Waals surface area contributed by atoms with E-state index in [1.54, 1.807) is 42.7 Å². The van der Waals surface area contributed by atoms with Crippen molar-refractivity contribution in [3.8, 4) is 5.75 Å². The van der Waals surface area contributed by atoms with Crippen molar-refractivity contribution in [2.45, 2.75) is 32.4 Å². The monoisotopic (exact) mass is 426 g/mol. The van der Waals surface area contributed by atoms with Gasteiger partial charge in [0, 0.05) is 30.1 Å². The van der Waals surface area contributed by atoms with E-state index in [2.05, 4.69) is 4.98 Å². The Labute approximate surface area is 185 Å². The zero-order valence-corrected chi connectivity index (χ0v) is 17.8. The largest absolute Gasteiger partial charge is 0.507 e. The number of aromatic nitrogens is 1. The number of hydrogen-bond acceptors (Lipinski definition) is 5. The van der Waals surface area contributed by atoms with E-state index in [1.165, 1.54) is 4.90 Å². The number of aliphatic hydroxyl groups is 1. The predicted octanol–water partition coefficient (Wildman–Crippen LogP) is 4.34. The lowest BCUT2D eigenvalue weighted by molar-refractivity contribution is -0.132. The number of Topliss-reactive ketones (excluding diaryl/α,β-unsaturated/α-hetero) is 1. The third-order valence-electron chi connectivity index (χ3n) is 5.89. The summed E-state index contributed by atoms with van der Waals surface area (Å²) in [5, 5.41) is 11.3. The summed E-state index contributed by atoms with van der Waals surface area (Å²) < 4.78 is 5.75. The molecule has 1 N–H and O–H groups in total. The highest BCUT2D eigenvalue weighted by Gasteiger charge is 2.47. The highest BCUT2D eigenvalue weighted by atomic mass is 16.5. The topological polar surface area (TPSA) is 79.7 Å². The van der Waals surface area contributed by atoms with Crippen molar-refractivity contribution in [3.63, 3.8) is 0 Å². The van der Waals surface area contributed by atoms with Gasteiger partial charge < -0.3 is 9.84 Å². The van der Waals surface area contributed by atoms with Crippen LogP contribution in [-0.2, 0) is 16.0 Å². The van der Waals surface area contributed by atoms with Gasteiger partial charge in [0.1, 0.15) is 17.6 Å². The maximum atomic E-state index is 13.2. The van der Waals surface area contributed by atoms with Gasteiger partial charge in [-0.15, -0.1) is 0 Å². The summed E-state index contributed by atoms with van der Waals surface area (Å²) in [4.78, 5) is 32.0. The van der Waals surface area contributed by atoms with E-state index >= 15 is 0 Å². The van der Waals surface area contributed by atoms with Crippen LogP contribution in [0.25, 0.3) is 5.76 Å². The van der Waals surface area contributed by atoms with Crippen LogP contribution in [0.2, 0.25) is 0 Å². The summed E-state index contributed by atoms with van der Waals surface area (Å²) in [6.07, 6.45) is 4.03. The lowest BCUT2D eigenvalue weighted by atomic mass is 9.95. The Morgan fingerprint density at radius 1 is 1.12 bits per heavy atom. The van der Waals surface area contributed by atoms with E-state index in [0.29, 0.717) is 16.8 Å². The summed E-state index contributed by atoms with van der Waals surface area (Å²) in [6, 6.07) is 15.5. The van der Waals surface area contributed by atoms with Gasteiger partial charge in [0.05, 0.1) is 11.6 Å². The molecular weight excluding hydrogens is 404 g/mol. The molecule has 0 bridgehead atoms. The van der Waals surface area contributed by atoms with Crippen LogP contribution in [0, 0.1) is 6.92 Å². The van der Waals surface area contributed by atoms with Crippen LogP contribution in [0.4, 0.5) is 5.69 Å². The fraction of sp³-hybridized carbons (Fsp3) is 0.192. The van der Waals surface area contributed by atoms with Crippen LogP contribution in [0.1, 0.15) is 35.2 Å². The molecule has 6 heteroatoms. The van der Waals surface area contributed by atoms with Gasteiger partial charge in [-0.3, -0.25) is 19.5 Å². The number of amides is 1. The molecule has 160 valence electrons. The van der Waals surface area contributed by atoms with E-state index < -0.39 is 17.7 Å². The van der Waals surface area contributed by atoms with Gasteiger partial charge in [0.25, 0.3) is 11.7 Å². The molecule has 1 fully saturated rings. The maximum Gasteiger partial charge on any atom is 0.300 e. The number of nitrogens with zero attached hydrogens (tertiary/aromatic N) is 2. The number of ketones is 1. The van der Waals surface area contributed by atoms with Gasteiger partial charge in [-0.25, -0.2) is 0 Å². The van der Waals surface area contributed by atoms with Crippen LogP contribution in [-0.4, -0.2) is 27.9 Å². The van der Waals surface area contributed by atoms with Gasteiger partial charge in [-0.1, -0.05) is 18.2 Å². The second-order valence-electron chi connectivity index (χ2n) is 8.25. The van der Waals surface area contributed by atoms with E-state index in [0.717, 1.165) is 23.3 Å². The zero-order chi connectivity index (χ0) is 22.4. The van der Waals surface area contributed by atoms with Gasteiger partial charge >= 0.3 is 0 Å². The van der Waals surface area contributed by atoms with Crippen molar-refractivity contribution >= 4 is 23.1 Å². The molecule has 6 nitrogen and oxygen atoms in total. The number of aliphatic hydroxyl groups excluding tert-OH is 1. The van der Waals surface area contributed by atoms with Gasteiger partial charge in [-0.2, -0.15) is 0 Å². The van der Waals surface area contributed by atoms with Gasteiger partial charge in [-0.05, 0) is 66.9 Å². The Balaban J connectivity index is 1.69. The Morgan fingerprint density at radius 2 is 1.97 bits per heavy atom. The summed E-state index contributed by atoms with van der Waals surface area (Å²) >= 11 is 0. The third-order valence-corrected chi connectivity index (χ3v) is 5.89. The fourth-order valence-corrected chi connectivity index (χ4v) is 4.45. The highest BCUT2D eigenvalue weighted by molar-refractivity contribution is 6.51. The SMILES string of the molecule is Cc1cccc(N2C(=O)C(=O)/C(=C(\O)c3ccc4c(c3)CC(C)O4)C2c2cccnc2)c1. The number of benzene rings is 2. The van der Waals surface area contributed by atoms with Crippen LogP contribution in [0.5, 0.6) is 5.75 Å². The lowest BCUT2D eigenvalue weighted by Gasteiger charge is -2.25. The number of hydrogen-bond donors (Lipinski definition) is 1. The number of rotatable bonds is 3. The molecule has 0 radical (unpaired) electrons. The van der Waals surface area contributed by atoms with Crippen molar-refractivity contribution < 1.29 is 19.4 Å². The molecule has 2 aliphatic heterocycles. The van der Waals surface area contributed by atoms with Crippen LogP contribution >= 0.6 is 0 Å². The van der Waals surface area contributed by atoms with Crippen molar-refractivity contribution in [2.75, 3.05) is 4.90 Å². The molecule has 2 aromatic carbocycles. The van der Waals surface area contributed by atoms with Crippen molar-refractivity contribution in [1.82, 2.24) is 4.98 Å². The average molecular weight is 426 g/mol. The molecule has 1 aromatic heterocycles. The average Bonchev–Trinajstić information content (AvgIpc) is 3.29. The van der Waals surface area contributed by atoms with Gasteiger partial charge in [0.2, 0.25) is 0 Å². The standard InChI is InChI=1S/C26H22N2O4/c1-15-5-3-7-20(11-15)28-23(18-6-4-10-27-14-18)22(25(30)26(28)31)24(29)17-8-9-21-19(13-17)12-16(2)32-21/h3-11,13-14,16,23,29H,12H2,1-2H3/b24-22-. The molecule has 0 spiro atoms. The molecule has 0 saturated carbocycles. The lowest BCUT2D eigenvalue weighted by Crippen LogP contribution is -2.29. The van der Waals surface area contributed by atoms with Crippen molar-refractivity contribution in [1.29, 1.82) is 0 Å². The normalized spacial score (nSPS) is 21.5. The Bertz CT molecular complexity index is 1270. The number of anilines is 1. The van der Waals surface area contributed by atoms with Crippen LogP contribution in [0.15, 0.2) is 72.6 Å². The second kappa shape index (κ2) is 7.64. The molecule has 32 heavy (non-hydrogen) atoms. The summed E-state index contributed by atoms with van der Waals surface area (Å²) in [5.74, 6) is -0.820. The molecule has 2 aliphatic rings. The molecule has 1 amide bonds. The summed E-state index contributed by atoms with van der Waals surface area (Å²) in [6.45, 7) is 3.90. The molecule has 3 aromatic rings. The molecule has 3 heterocycles. The quantitative estimate of drug-likeness (QED) is 0.383. The van der Waals surface area contributed by atoms with Crippen LogP contribution in [0.3, 0.4) is 0 Å². The minimum Gasteiger partial charge on any atom is -0.507 e. The third kappa shape index (κ3) is 3.24. The smallest absolute Gasteiger partial charge is 0.300 e. The first-order valence-corrected chi connectivity index (χ1v) is 10.5. The Kier molecular flexibility index (Phi) is 4.78. The molecule has 2 unspecified atom stereocenters. The fourth-order valence-electron chi connectivity index (χ4n) is 4.45. The molecule has 0 aliphatic carbocycles. The predicted molar refractivity (Wildman–Crippen MR) is 120 cm³/mol. The Hall–Kier alpha value is -3.93. The molecular formula is C26H22N2O4. The first-order valence-electron chi connectivity index (χ1n) is 10.5. The Morgan fingerprint density at radius 3 is 2.72 bits per heavy atom. The second-order valence-corrected chi connectivity index (χ2v) is 8.25. The van der Waals surface area contributed by atoms with Crippen molar-refractivity contribution in [2.24, 2.45) is 0 Å². The summed E-state index contributed by atoms with van der Waals surface area (Å²) in [5.41, 5.74) is 3.70.